The maximum atomic E-state index is 12.6. The standard InChI is InChI=1S/C32H31BrCl2N4O8/c1-5-45-31(41)28-17(2)37-32(42)38-29(28)19-7-9-24(25(12-19)43-3)46-16-27(40)39-36-14-18-10-22(33)30(26(11-18)44-4)47-15-20-6-8-21(34)13-23(20)35/h6-14,29H,5,15-16H2,1-4H3,(H,39,40)(H2,37,38,42)/b36-14-/t29-/m0/s1. The van der Waals surface area contributed by atoms with Gasteiger partial charge in [-0.3, -0.25) is 4.79 Å². The van der Waals surface area contributed by atoms with Crippen LogP contribution in [0.3, 0.4) is 0 Å². The second-order valence-electron chi connectivity index (χ2n) is 9.84. The molecule has 0 unspecified atom stereocenters. The second kappa shape index (κ2) is 16.4. The number of nitrogens with one attached hydrogen (secondary N) is 3. The molecule has 0 radical (unpaired) electrons. The van der Waals surface area contributed by atoms with E-state index in [0.717, 1.165) is 5.56 Å². The minimum absolute atomic E-state index is 0.174. The van der Waals surface area contributed by atoms with Gasteiger partial charge in [0.05, 0.1) is 43.1 Å². The van der Waals surface area contributed by atoms with Gasteiger partial charge in [0.15, 0.2) is 29.6 Å². The van der Waals surface area contributed by atoms with E-state index in [9.17, 15) is 14.4 Å². The second-order valence-corrected chi connectivity index (χ2v) is 11.5. The zero-order valence-electron chi connectivity index (χ0n) is 25.7. The Bertz CT molecular complexity index is 1730. The van der Waals surface area contributed by atoms with Crippen LogP contribution >= 0.6 is 39.1 Å². The Morgan fingerprint density at radius 2 is 1.79 bits per heavy atom. The highest BCUT2D eigenvalue weighted by molar-refractivity contribution is 9.10. The summed E-state index contributed by atoms with van der Waals surface area (Å²) in [7, 11) is 2.93. The molecule has 1 aliphatic heterocycles. The number of methoxy groups -OCH3 is 2. The first-order valence-electron chi connectivity index (χ1n) is 14.1. The van der Waals surface area contributed by atoms with Gasteiger partial charge >= 0.3 is 12.0 Å². The van der Waals surface area contributed by atoms with Crippen molar-refractivity contribution < 1.29 is 38.1 Å². The highest BCUT2D eigenvalue weighted by Gasteiger charge is 2.32. The van der Waals surface area contributed by atoms with Crippen molar-refractivity contribution in [2.75, 3.05) is 27.4 Å². The fraction of sp³-hybridized carbons (Fsp3) is 0.250. The van der Waals surface area contributed by atoms with E-state index in [1.165, 1.54) is 20.4 Å². The molecule has 47 heavy (non-hydrogen) atoms. The predicted molar refractivity (Wildman–Crippen MR) is 179 cm³/mol. The molecule has 12 nitrogen and oxygen atoms in total. The highest BCUT2D eigenvalue weighted by atomic mass is 79.9. The van der Waals surface area contributed by atoms with Crippen LogP contribution in [0.4, 0.5) is 4.79 Å². The van der Waals surface area contributed by atoms with Crippen molar-refractivity contribution in [1.82, 2.24) is 16.1 Å². The van der Waals surface area contributed by atoms with Crippen LogP contribution < -0.4 is 35.0 Å². The van der Waals surface area contributed by atoms with Crippen molar-refractivity contribution in [3.63, 3.8) is 0 Å². The minimum Gasteiger partial charge on any atom is -0.493 e. The third-order valence-electron chi connectivity index (χ3n) is 6.69. The van der Waals surface area contributed by atoms with E-state index in [0.29, 0.717) is 42.8 Å². The van der Waals surface area contributed by atoms with Gasteiger partial charge in [-0.25, -0.2) is 15.0 Å². The molecule has 1 aliphatic rings. The Morgan fingerprint density at radius 3 is 2.49 bits per heavy atom. The zero-order valence-corrected chi connectivity index (χ0v) is 28.8. The molecule has 4 rings (SSSR count). The molecule has 0 aliphatic carbocycles. The normalized spacial score (nSPS) is 14.3. The Morgan fingerprint density at radius 1 is 1.02 bits per heavy atom. The number of allylic oxidation sites excluding steroid dienone is 1. The topological polar surface area (TPSA) is 146 Å². The van der Waals surface area contributed by atoms with Crippen molar-refractivity contribution in [3.8, 4) is 23.0 Å². The van der Waals surface area contributed by atoms with Crippen LogP contribution in [0.2, 0.25) is 10.0 Å². The highest BCUT2D eigenvalue weighted by Crippen LogP contribution is 2.38. The lowest BCUT2D eigenvalue weighted by Gasteiger charge is -2.28. The number of esters is 1. The van der Waals surface area contributed by atoms with Gasteiger partial charge < -0.3 is 34.3 Å². The minimum atomic E-state index is -0.787. The van der Waals surface area contributed by atoms with Crippen LogP contribution in [-0.2, 0) is 20.9 Å². The first-order chi connectivity index (χ1) is 22.5. The Kier molecular flexibility index (Phi) is 12.3. The summed E-state index contributed by atoms with van der Waals surface area (Å²) in [4.78, 5) is 37.3. The molecular weight excluding hydrogens is 719 g/mol. The smallest absolute Gasteiger partial charge is 0.338 e. The Balaban J connectivity index is 1.38. The molecule has 3 aromatic carbocycles. The van der Waals surface area contributed by atoms with Gasteiger partial charge in [-0.2, -0.15) is 5.10 Å². The molecule has 3 N–H and O–H groups in total. The average molecular weight is 750 g/mol. The molecule has 248 valence electrons. The lowest BCUT2D eigenvalue weighted by molar-refractivity contribution is -0.139. The Hall–Kier alpha value is -4.46. The van der Waals surface area contributed by atoms with Crippen molar-refractivity contribution in [2.24, 2.45) is 5.10 Å². The van der Waals surface area contributed by atoms with E-state index in [1.54, 1.807) is 62.4 Å². The summed E-state index contributed by atoms with van der Waals surface area (Å²) in [6, 6.07) is 12.2. The molecule has 3 amide bonds. The summed E-state index contributed by atoms with van der Waals surface area (Å²) >= 11 is 15.7. The molecular formula is C32H31BrCl2N4O8. The number of halogens is 3. The first-order valence-corrected chi connectivity index (χ1v) is 15.6. The number of carbonyl (C=O) groups excluding carboxylic acids is 3. The van der Waals surface area contributed by atoms with Crippen molar-refractivity contribution in [1.29, 1.82) is 0 Å². The summed E-state index contributed by atoms with van der Waals surface area (Å²) in [5, 5.41) is 10.3. The largest absolute Gasteiger partial charge is 0.493 e. The van der Waals surface area contributed by atoms with Gasteiger partial charge in [0.1, 0.15) is 6.61 Å². The van der Waals surface area contributed by atoms with Crippen molar-refractivity contribution in [2.45, 2.75) is 26.5 Å². The number of amides is 3. The van der Waals surface area contributed by atoms with E-state index in [4.69, 9.17) is 46.9 Å². The number of hydrogen-bond acceptors (Lipinski definition) is 9. The summed E-state index contributed by atoms with van der Waals surface area (Å²) in [5.41, 5.74) is 4.96. The van der Waals surface area contributed by atoms with Crippen molar-refractivity contribution in [3.05, 3.63) is 91.0 Å². The van der Waals surface area contributed by atoms with Crippen LogP contribution in [0.1, 0.15) is 36.6 Å². The molecule has 3 aromatic rings. The molecule has 1 atom stereocenters. The number of hydrogen-bond donors (Lipinski definition) is 3. The third kappa shape index (κ3) is 9.09. The predicted octanol–water partition coefficient (Wildman–Crippen LogP) is 6.07. The summed E-state index contributed by atoms with van der Waals surface area (Å²) in [6.45, 7) is 3.29. The number of rotatable bonds is 13. The molecule has 0 aromatic heterocycles. The maximum Gasteiger partial charge on any atom is 0.338 e. The van der Waals surface area contributed by atoms with E-state index in [2.05, 4.69) is 37.1 Å². The van der Waals surface area contributed by atoms with Crippen LogP contribution in [0.25, 0.3) is 0 Å². The molecule has 0 bridgehead atoms. The zero-order chi connectivity index (χ0) is 34.1. The fourth-order valence-corrected chi connectivity index (χ4v) is 5.54. The lowest BCUT2D eigenvalue weighted by atomic mass is 9.95. The lowest BCUT2D eigenvalue weighted by Crippen LogP contribution is -2.45. The van der Waals surface area contributed by atoms with Gasteiger partial charge in [-0.1, -0.05) is 35.3 Å². The molecule has 1 heterocycles. The average Bonchev–Trinajstić information content (AvgIpc) is 3.03. The van der Waals surface area contributed by atoms with Gasteiger partial charge in [-0.15, -0.1) is 0 Å². The molecule has 0 fully saturated rings. The van der Waals surface area contributed by atoms with Gasteiger partial charge in [-0.05, 0) is 77.3 Å². The number of benzene rings is 3. The molecule has 15 heteroatoms. The van der Waals surface area contributed by atoms with Crippen molar-refractivity contribution >= 4 is 63.3 Å². The SMILES string of the molecule is CCOC(=O)C1=C(C)NC(=O)N[C@H]1c1ccc(OCC(=O)N/N=C\c2cc(Br)c(OCc3ccc(Cl)cc3Cl)c(OC)c2)c(OC)c1. The Labute approximate surface area is 289 Å². The molecule has 0 saturated heterocycles. The number of hydrazone groups is 1. The van der Waals surface area contributed by atoms with E-state index < -0.39 is 23.9 Å². The summed E-state index contributed by atoms with van der Waals surface area (Å²) < 4.78 is 28.3. The van der Waals surface area contributed by atoms with E-state index in [1.807, 2.05) is 0 Å². The van der Waals surface area contributed by atoms with Gasteiger partial charge in [0, 0.05) is 21.3 Å². The fourth-order valence-electron chi connectivity index (χ4n) is 4.50. The number of urea groups is 1. The van der Waals surface area contributed by atoms with E-state index >= 15 is 0 Å². The summed E-state index contributed by atoms with van der Waals surface area (Å²) in [6.07, 6.45) is 1.43. The number of carbonyl (C=O) groups is 3. The van der Waals surface area contributed by atoms with Crippen LogP contribution in [0, 0.1) is 0 Å². The number of ether oxygens (including phenoxy) is 5. The van der Waals surface area contributed by atoms with Crippen LogP contribution in [0.5, 0.6) is 23.0 Å². The van der Waals surface area contributed by atoms with Crippen LogP contribution in [0.15, 0.2) is 69.4 Å². The summed E-state index contributed by atoms with van der Waals surface area (Å²) in [5.74, 6) is 0.336. The quantitative estimate of drug-likeness (QED) is 0.109. The molecule has 0 saturated carbocycles. The third-order valence-corrected chi connectivity index (χ3v) is 7.86. The maximum absolute atomic E-state index is 12.6. The van der Waals surface area contributed by atoms with E-state index in [-0.39, 0.29) is 36.9 Å². The monoisotopic (exact) mass is 748 g/mol. The van der Waals surface area contributed by atoms with Gasteiger partial charge in [0.2, 0.25) is 0 Å². The first kappa shape index (κ1) is 35.4. The molecule has 0 spiro atoms. The number of nitrogens with zero attached hydrogens (tertiary/aromatic N) is 1. The van der Waals surface area contributed by atoms with Crippen LogP contribution in [-0.4, -0.2) is 51.6 Å². The van der Waals surface area contributed by atoms with Gasteiger partial charge in [0.25, 0.3) is 5.91 Å².